The molecule has 6 nitrogen and oxygen atoms in total. The Balaban J connectivity index is 0.992. The van der Waals surface area contributed by atoms with Gasteiger partial charge in [0.05, 0.1) is 37.6 Å². The summed E-state index contributed by atoms with van der Waals surface area (Å²) in [7, 11) is 0. The van der Waals surface area contributed by atoms with E-state index in [-0.39, 0.29) is 11.9 Å². The van der Waals surface area contributed by atoms with Gasteiger partial charge >= 0.3 is 11.9 Å². The number of hydrogen-bond donors (Lipinski definition) is 0. The lowest BCUT2D eigenvalue weighted by Gasteiger charge is -2.18. The Morgan fingerprint density at radius 2 is 1.15 bits per heavy atom. The maximum atomic E-state index is 11.8. The van der Waals surface area contributed by atoms with Crippen LogP contribution in [0.1, 0.15) is 64.2 Å². The first-order valence-electron chi connectivity index (χ1n) is 10.3. The standard InChI is InChI=1S/C20H30O6/c21-19(23-11-13-5-7-15-17(9-13)25-15)3-1-2-4-20(22)24-12-14-6-8-16-18(10-14)26-16/h13-18H,1-12H2/t13-,14+,15-,16+,17-,18-/m1/s1. The van der Waals surface area contributed by atoms with Gasteiger partial charge in [-0.1, -0.05) is 0 Å². The third-order valence-electron chi connectivity index (χ3n) is 6.20. The predicted octanol–water partition coefficient (Wildman–Crippen LogP) is 2.77. The molecule has 4 fully saturated rings. The molecule has 0 aromatic rings. The summed E-state index contributed by atoms with van der Waals surface area (Å²) in [5, 5.41) is 0. The first kappa shape index (κ1) is 18.2. The minimum Gasteiger partial charge on any atom is -0.465 e. The lowest BCUT2D eigenvalue weighted by molar-refractivity contribution is -0.147. The summed E-state index contributed by atoms with van der Waals surface area (Å²) in [5.74, 6) is 0.597. The molecule has 0 aromatic carbocycles. The van der Waals surface area contributed by atoms with Crippen molar-refractivity contribution < 1.29 is 28.5 Å². The second-order valence-corrected chi connectivity index (χ2v) is 8.36. The number of carbonyl (C=O) groups excluding carboxylic acids is 2. The Morgan fingerprint density at radius 1 is 0.692 bits per heavy atom. The fourth-order valence-corrected chi connectivity index (χ4v) is 4.38. The van der Waals surface area contributed by atoms with Crippen LogP contribution in [0.4, 0.5) is 0 Å². The molecule has 6 heteroatoms. The van der Waals surface area contributed by atoms with Gasteiger partial charge in [-0.25, -0.2) is 0 Å². The molecule has 0 amide bonds. The molecule has 0 spiro atoms. The number of epoxide rings is 2. The quantitative estimate of drug-likeness (QED) is 0.355. The molecule has 2 aliphatic heterocycles. The molecule has 0 unspecified atom stereocenters. The van der Waals surface area contributed by atoms with Crippen molar-refractivity contribution >= 4 is 11.9 Å². The maximum Gasteiger partial charge on any atom is 0.305 e. The van der Waals surface area contributed by atoms with Crippen molar-refractivity contribution in [1.29, 1.82) is 0 Å². The third kappa shape index (κ3) is 5.19. The van der Waals surface area contributed by atoms with Crippen molar-refractivity contribution in [2.24, 2.45) is 11.8 Å². The van der Waals surface area contributed by atoms with Crippen LogP contribution < -0.4 is 0 Å². The highest BCUT2D eigenvalue weighted by atomic mass is 16.6. The van der Waals surface area contributed by atoms with Crippen molar-refractivity contribution in [1.82, 2.24) is 0 Å². The summed E-state index contributed by atoms with van der Waals surface area (Å²) in [6.07, 6.45) is 10.4. The van der Waals surface area contributed by atoms with Gasteiger partial charge in [0.2, 0.25) is 0 Å². The molecule has 2 saturated carbocycles. The topological polar surface area (TPSA) is 77.7 Å². The molecular weight excluding hydrogens is 336 g/mol. The highest BCUT2D eigenvalue weighted by Gasteiger charge is 2.44. The van der Waals surface area contributed by atoms with Crippen molar-refractivity contribution in [2.75, 3.05) is 13.2 Å². The fraction of sp³-hybridized carbons (Fsp3) is 0.900. The molecule has 0 radical (unpaired) electrons. The zero-order chi connectivity index (χ0) is 17.9. The Hall–Kier alpha value is -1.14. The van der Waals surface area contributed by atoms with Gasteiger partial charge in [0.25, 0.3) is 0 Å². The Kier molecular flexibility index (Phi) is 5.79. The van der Waals surface area contributed by atoms with E-state index in [0.29, 0.717) is 75.1 Å². The van der Waals surface area contributed by atoms with Gasteiger partial charge < -0.3 is 18.9 Å². The summed E-state index contributed by atoms with van der Waals surface area (Å²) in [5.41, 5.74) is 0. The number of carbonyl (C=O) groups is 2. The maximum absolute atomic E-state index is 11.8. The monoisotopic (exact) mass is 366 g/mol. The van der Waals surface area contributed by atoms with Crippen LogP contribution in [0.25, 0.3) is 0 Å². The minimum absolute atomic E-state index is 0.154. The molecule has 0 aromatic heterocycles. The second kappa shape index (κ2) is 8.26. The highest BCUT2D eigenvalue weighted by Crippen LogP contribution is 2.40. The highest BCUT2D eigenvalue weighted by molar-refractivity contribution is 5.70. The molecule has 26 heavy (non-hydrogen) atoms. The molecule has 2 heterocycles. The number of esters is 2. The number of unbranched alkanes of at least 4 members (excludes halogenated alkanes) is 1. The SMILES string of the molecule is O=C(CCCCC(=O)OC[C@@H]1CC[C@H]2O[C@@H]2C1)OC[C@H]1CC[C@@H]2O[C@@H]2C1. The van der Waals surface area contributed by atoms with E-state index in [4.69, 9.17) is 18.9 Å². The normalized spacial score (nSPS) is 37.2. The van der Waals surface area contributed by atoms with Gasteiger partial charge in [-0.05, 0) is 63.2 Å². The fourth-order valence-electron chi connectivity index (χ4n) is 4.38. The summed E-state index contributed by atoms with van der Waals surface area (Å²) in [6, 6.07) is 0. The van der Waals surface area contributed by atoms with Crippen LogP contribution in [0.15, 0.2) is 0 Å². The summed E-state index contributed by atoms with van der Waals surface area (Å²) in [6.45, 7) is 1.03. The van der Waals surface area contributed by atoms with Gasteiger partial charge in [-0.15, -0.1) is 0 Å². The van der Waals surface area contributed by atoms with E-state index >= 15 is 0 Å². The van der Waals surface area contributed by atoms with E-state index in [1.54, 1.807) is 0 Å². The van der Waals surface area contributed by atoms with Crippen molar-refractivity contribution in [3.8, 4) is 0 Å². The van der Waals surface area contributed by atoms with Crippen molar-refractivity contribution in [3.63, 3.8) is 0 Å². The smallest absolute Gasteiger partial charge is 0.305 e. The largest absolute Gasteiger partial charge is 0.465 e. The Morgan fingerprint density at radius 3 is 1.58 bits per heavy atom. The average molecular weight is 366 g/mol. The van der Waals surface area contributed by atoms with Gasteiger partial charge in [-0.3, -0.25) is 9.59 Å². The lowest BCUT2D eigenvalue weighted by atomic mass is 9.90. The molecule has 0 bridgehead atoms. The zero-order valence-corrected chi connectivity index (χ0v) is 15.4. The summed E-state index contributed by atoms with van der Waals surface area (Å²) < 4.78 is 21.7. The molecule has 146 valence electrons. The van der Waals surface area contributed by atoms with Crippen LogP contribution in [-0.2, 0) is 28.5 Å². The summed E-state index contributed by atoms with van der Waals surface area (Å²) in [4.78, 5) is 23.6. The third-order valence-corrected chi connectivity index (χ3v) is 6.20. The van der Waals surface area contributed by atoms with Crippen molar-refractivity contribution in [3.05, 3.63) is 0 Å². The number of ether oxygens (including phenoxy) is 4. The zero-order valence-electron chi connectivity index (χ0n) is 15.4. The van der Waals surface area contributed by atoms with Crippen LogP contribution in [0.5, 0.6) is 0 Å². The molecular formula is C20H30O6. The van der Waals surface area contributed by atoms with Gasteiger partial charge in [-0.2, -0.15) is 0 Å². The number of rotatable bonds is 9. The molecule has 2 saturated heterocycles. The Bertz CT molecular complexity index is 474. The summed E-state index contributed by atoms with van der Waals surface area (Å²) >= 11 is 0. The number of hydrogen-bond acceptors (Lipinski definition) is 6. The van der Waals surface area contributed by atoms with Gasteiger partial charge in [0, 0.05) is 12.8 Å². The molecule has 0 N–H and O–H groups in total. The van der Waals surface area contributed by atoms with E-state index in [1.165, 1.54) is 0 Å². The van der Waals surface area contributed by atoms with Crippen LogP contribution in [-0.4, -0.2) is 49.6 Å². The van der Waals surface area contributed by atoms with Crippen LogP contribution in [0, 0.1) is 11.8 Å². The molecule has 4 aliphatic rings. The van der Waals surface area contributed by atoms with Gasteiger partial charge in [0.1, 0.15) is 0 Å². The van der Waals surface area contributed by atoms with E-state index in [1.807, 2.05) is 0 Å². The first-order chi connectivity index (χ1) is 12.7. The van der Waals surface area contributed by atoms with E-state index < -0.39 is 0 Å². The van der Waals surface area contributed by atoms with Crippen LogP contribution in [0.3, 0.4) is 0 Å². The van der Waals surface area contributed by atoms with E-state index in [2.05, 4.69) is 0 Å². The minimum atomic E-state index is -0.154. The van der Waals surface area contributed by atoms with Crippen LogP contribution in [0.2, 0.25) is 0 Å². The van der Waals surface area contributed by atoms with Crippen LogP contribution >= 0.6 is 0 Å². The molecule has 6 atom stereocenters. The Labute approximate surface area is 154 Å². The van der Waals surface area contributed by atoms with E-state index in [9.17, 15) is 9.59 Å². The van der Waals surface area contributed by atoms with E-state index in [0.717, 1.165) is 38.5 Å². The average Bonchev–Trinajstić information content (AvgIpc) is 3.55. The van der Waals surface area contributed by atoms with Crippen molar-refractivity contribution in [2.45, 2.75) is 88.6 Å². The molecule has 4 rings (SSSR count). The van der Waals surface area contributed by atoms with Gasteiger partial charge in [0.15, 0.2) is 0 Å². The molecule has 2 aliphatic carbocycles. The number of fused-ring (bicyclic) bond motifs is 2. The lowest BCUT2D eigenvalue weighted by Crippen LogP contribution is -2.20. The first-order valence-corrected chi connectivity index (χ1v) is 10.3. The second-order valence-electron chi connectivity index (χ2n) is 8.36. The predicted molar refractivity (Wildman–Crippen MR) is 92.4 cm³/mol.